The first-order valence-corrected chi connectivity index (χ1v) is 8.40. The van der Waals surface area contributed by atoms with Gasteiger partial charge in [-0.3, -0.25) is 0 Å². The van der Waals surface area contributed by atoms with E-state index in [1.807, 2.05) is 0 Å². The van der Waals surface area contributed by atoms with Crippen molar-refractivity contribution in [2.24, 2.45) is 0 Å². The number of amides is 2. The van der Waals surface area contributed by atoms with E-state index in [0.717, 1.165) is 28.6 Å². The molecule has 4 rings (SSSR count). The molecule has 0 bridgehead atoms. The molecule has 0 radical (unpaired) electrons. The number of nitrogens with one attached hydrogen (secondary N) is 2. The number of rotatable bonds is 4. The van der Waals surface area contributed by atoms with Crippen molar-refractivity contribution in [3.63, 3.8) is 0 Å². The summed E-state index contributed by atoms with van der Waals surface area (Å²) in [6.45, 7) is 0.338. The lowest BCUT2D eigenvalue weighted by Gasteiger charge is -2.06. The van der Waals surface area contributed by atoms with Crippen LogP contribution in [0.3, 0.4) is 0 Å². The van der Waals surface area contributed by atoms with Gasteiger partial charge < -0.3 is 10.6 Å². The maximum absolute atomic E-state index is 11.9. The number of nitrogens with zero attached hydrogens (tertiary/aromatic N) is 4. The number of benzene rings is 1. The van der Waals surface area contributed by atoms with Gasteiger partial charge in [-0.1, -0.05) is 29.0 Å². The standard InChI is InChI=1S/C14H13ClN6OS/c15-9-2-1-3-10(6-9)17-13(22)16-7-11-20-21-12(8-4-5-8)18-19-14(21)23-11/h1-3,6,8H,4-5,7H2,(H2,16,17,22). The second kappa shape index (κ2) is 5.78. The van der Waals surface area contributed by atoms with E-state index in [2.05, 4.69) is 25.9 Å². The monoisotopic (exact) mass is 348 g/mol. The largest absolute Gasteiger partial charge is 0.331 e. The minimum atomic E-state index is -0.305. The maximum atomic E-state index is 11.9. The Hall–Kier alpha value is -2.19. The van der Waals surface area contributed by atoms with Gasteiger partial charge in [0, 0.05) is 16.6 Å². The first kappa shape index (κ1) is 14.4. The van der Waals surface area contributed by atoms with Crippen molar-refractivity contribution < 1.29 is 4.79 Å². The molecule has 23 heavy (non-hydrogen) atoms. The summed E-state index contributed by atoms with van der Waals surface area (Å²) in [6.07, 6.45) is 2.29. The third kappa shape index (κ3) is 3.13. The molecular weight excluding hydrogens is 336 g/mol. The van der Waals surface area contributed by atoms with Crippen LogP contribution in [0.5, 0.6) is 0 Å². The van der Waals surface area contributed by atoms with Crippen LogP contribution in [0.1, 0.15) is 29.6 Å². The third-order valence-electron chi connectivity index (χ3n) is 3.48. The van der Waals surface area contributed by atoms with E-state index in [4.69, 9.17) is 11.6 Å². The Morgan fingerprint density at radius 1 is 1.39 bits per heavy atom. The van der Waals surface area contributed by atoms with Crippen LogP contribution in [0.2, 0.25) is 5.02 Å². The fourth-order valence-electron chi connectivity index (χ4n) is 2.24. The van der Waals surface area contributed by atoms with Crippen LogP contribution >= 0.6 is 22.9 Å². The molecule has 7 nitrogen and oxygen atoms in total. The number of hydrogen-bond acceptors (Lipinski definition) is 5. The summed E-state index contributed by atoms with van der Waals surface area (Å²) in [5, 5.41) is 19.6. The van der Waals surface area contributed by atoms with Crippen molar-refractivity contribution in [1.82, 2.24) is 25.1 Å². The molecule has 3 aromatic rings. The van der Waals surface area contributed by atoms with Crippen molar-refractivity contribution >= 4 is 39.6 Å². The highest BCUT2D eigenvalue weighted by atomic mass is 35.5. The number of hydrogen-bond donors (Lipinski definition) is 2. The van der Waals surface area contributed by atoms with E-state index in [0.29, 0.717) is 23.2 Å². The zero-order chi connectivity index (χ0) is 15.8. The smallest absolute Gasteiger partial charge is 0.319 e. The van der Waals surface area contributed by atoms with Crippen LogP contribution in [-0.2, 0) is 6.54 Å². The van der Waals surface area contributed by atoms with Crippen molar-refractivity contribution in [3.8, 4) is 0 Å². The summed E-state index contributed by atoms with van der Waals surface area (Å²) in [4.78, 5) is 12.7. The predicted octanol–water partition coefficient (Wildman–Crippen LogP) is 3.04. The molecule has 2 heterocycles. The van der Waals surface area contributed by atoms with Crippen molar-refractivity contribution in [2.75, 3.05) is 5.32 Å². The molecule has 0 unspecified atom stereocenters. The first-order chi connectivity index (χ1) is 11.2. The van der Waals surface area contributed by atoms with Gasteiger partial charge in [0.05, 0.1) is 6.54 Å². The summed E-state index contributed by atoms with van der Waals surface area (Å²) in [6, 6.07) is 6.69. The van der Waals surface area contributed by atoms with Crippen LogP contribution in [0.25, 0.3) is 4.96 Å². The van der Waals surface area contributed by atoms with Gasteiger partial charge >= 0.3 is 6.03 Å². The minimum absolute atomic E-state index is 0.305. The van der Waals surface area contributed by atoms with Gasteiger partial charge in [0.15, 0.2) is 5.82 Å². The number of carbonyl (C=O) groups is 1. The topological polar surface area (TPSA) is 84.2 Å². The second-order valence-corrected chi connectivity index (χ2v) is 6.82. The number of halogens is 1. The van der Waals surface area contributed by atoms with Gasteiger partial charge in [0.1, 0.15) is 5.01 Å². The Balaban J connectivity index is 1.39. The number of anilines is 1. The maximum Gasteiger partial charge on any atom is 0.319 e. The average Bonchev–Trinajstić information content (AvgIpc) is 3.15. The number of urea groups is 1. The summed E-state index contributed by atoms with van der Waals surface area (Å²) in [5.41, 5.74) is 0.643. The average molecular weight is 349 g/mol. The van der Waals surface area contributed by atoms with Gasteiger partial charge in [0.2, 0.25) is 4.96 Å². The Morgan fingerprint density at radius 3 is 3.04 bits per heavy atom. The fourth-order valence-corrected chi connectivity index (χ4v) is 3.21. The molecule has 1 aliphatic carbocycles. The molecule has 0 atom stereocenters. The van der Waals surface area contributed by atoms with E-state index in [-0.39, 0.29) is 6.03 Å². The predicted molar refractivity (Wildman–Crippen MR) is 87.9 cm³/mol. The zero-order valence-electron chi connectivity index (χ0n) is 12.0. The highest BCUT2D eigenvalue weighted by molar-refractivity contribution is 7.16. The van der Waals surface area contributed by atoms with Crippen LogP contribution < -0.4 is 10.6 Å². The Labute approximate surface area is 140 Å². The van der Waals surface area contributed by atoms with Gasteiger partial charge in [-0.05, 0) is 31.0 Å². The van der Waals surface area contributed by atoms with E-state index in [1.165, 1.54) is 11.3 Å². The van der Waals surface area contributed by atoms with Crippen LogP contribution in [0.4, 0.5) is 10.5 Å². The van der Waals surface area contributed by atoms with Crippen LogP contribution in [0, 0.1) is 0 Å². The molecule has 1 fully saturated rings. The number of fused-ring (bicyclic) bond motifs is 1. The highest BCUT2D eigenvalue weighted by Crippen LogP contribution is 2.39. The van der Waals surface area contributed by atoms with Gasteiger partial charge in [-0.15, -0.1) is 10.2 Å². The molecule has 0 aliphatic heterocycles. The summed E-state index contributed by atoms with van der Waals surface area (Å²) >= 11 is 7.31. The quantitative estimate of drug-likeness (QED) is 0.759. The van der Waals surface area contributed by atoms with E-state index >= 15 is 0 Å². The lowest BCUT2D eigenvalue weighted by atomic mass is 10.3. The Kier molecular flexibility index (Phi) is 3.62. The van der Waals surface area contributed by atoms with E-state index in [1.54, 1.807) is 28.8 Å². The molecular formula is C14H13ClN6OS. The van der Waals surface area contributed by atoms with Crippen molar-refractivity contribution in [2.45, 2.75) is 25.3 Å². The lowest BCUT2D eigenvalue weighted by molar-refractivity contribution is 0.251. The van der Waals surface area contributed by atoms with Crippen LogP contribution in [-0.4, -0.2) is 25.8 Å². The minimum Gasteiger partial charge on any atom is -0.331 e. The van der Waals surface area contributed by atoms with E-state index in [9.17, 15) is 4.79 Å². The molecule has 2 aromatic heterocycles. The Morgan fingerprint density at radius 2 is 2.26 bits per heavy atom. The molecule has 2 N–H and O–H groups in total. The van der Waals surface area contributed by atoms with Crippen LogP contribution in [0.15, 0.2) is 24.3 Å². The van der Waals surface area contributed by atoms with Gasteiger partial charge in [0.25, 0.3) is 0 Å². The van der Waals surface area contributed by atoms with Gasteiger partial charge in [-0.2, -0.15) is 9.61 Å². The summed E-state index contributed by atoms with van der Waals surface area (Å²) < 4.78 is 1.79. The number of aromatic nitrogens is 4. The fraction of sp³-hybridized carbons (Fsp3) is 0.286. The van der Waals surface area contributed by atoms with Crippen molar-refractivity contribution in [1.29, 1.82) is 0 Å². The molecule has 1 saturated carbocycles. The normalized spacial score (nSPS) is 14.1. The van der Waals surface area contributed by atoms with Crippen molar-refractivity contribution in [3.05, 3.63) is 40.1 Å². The highest BCUT2D eigenvalue weighted by Gasteiger charge is 2.30. The molecule has 1 aliphatic rings. The molecule has 9 heteroatoms. The third-order valence-corrected chi connectivity index (χ3v) is 4.62. The zero-order valence-corrected chi connectivity index (χ0v) is 13.6. The number of carbonyl (C=O) groups excluding carboxylic acids is 1. The Bertz CT molecular complexity index is 871. The molecule has 1 aromatic carbocycles. The SMILES string of the molecule is O=C(NCc1nn2c(C3CC3)nnc2s1)Nc1cccc(Cl)c1. The second-order valence-electron chi connectivity index (χ2n) is 5.34. The first-order valence-electron chi connectivity index (χ1n) is 7.20. The lowest BCUT2D eigenvalue weighted by Crippen LogP contribution is -2.28. The van der Waals surface area contributed by atoms with Gasteiger partial charge in [-0.25, -0.2) is 4.79 Å². The summed E-state index contributed by atoms with van der Waals surface area (Å²) in [7, 11) is 0. The molecule has 0 saturated heterocycles. The summed E-state index contributed by atoms with van der Waals surface area (Å²) in [5.74, 6) is 1.41. The molecule has 2 amide bonds. The molecule has 118 valence electrons. The van der Waals surface area contributed by atoms with E-state index < -0.39 is 0 Å². The molecule has 0 spiro atoms.